The molecule has 102 valence electrons. The minimum Gasteiger partial charge on any atom is -0.399 e. The molecule has 0 radical (unpaired) electrons. The zero-order valence-corrected chi connectivity index (χ0v) is 11.9. The highest BCUT2D eigenvalue weighted by molar-refractivity contribution is 7.17. The molecule has 0 atom stereocenters. The lowest BCUT2D eigenvalue weighted by atomic mass is 10.2. The lowest BCUT2D eigenvalue weighted by molar-refractivity contribution is 1.22. The normalized spacial score (nSPS) is 11.0. The quantitative estimate of drug-likeness (QED) is 0.544. The van der Waals surface area contributed by atoms with Crippen molar-refractivity contribution in [1.82, 2.24) is 9.97 Å². The molecule has 0 fully saturated rings. The maximum atomic E-state index is 5.78. The van der Waals surface area contributed by atoms with E-state index >= 15 is 0 Å². The van der Waals surface area contributed by atoms with Crippen LogP contribution in [0.4, 0.5) is 17.3 Å². The lowest BCUT2D eigenvalue weighted by Gasteiger charge is -2.06. The van der Waals surface area contributed by atoms with Crippen molar-refractivity contribution in [3.05, 3.63) is 54.0 Å². The number of nitrogen functional groups attached to an aromatic ring is 1. The molecule has 0 aliphatic heterocycles. The van der Waals surface area contributed by atoms with Crippen molar-refractivity contribution in [2.75, 3.05) is 11.1 Å². The van der Waals surface area contributed by atoms with Gasteiger partial charge in [-0.15, -0.1) is 11.3 Å². The summed E-state index contributed by atoms with van der Waals surface area (Å²) in [6.45, 7) is 0. The van der Waals surface area contributed by atoms with E-state index in [-0.39, 0.29) is 0 Å². The van der Waals surface area contributed by atoms with Gasteiger partial charge in [-0.2, -0.15) is 0 Å². The summed E-state index contributed by atoms with van der Waals surface area (Å²) >= 11 is 1.72. The molecular formula is C16H12N4S. The van der Waals surface area contributed by atoms with E-state index in [0.29, 0.717) is 11.6 Å². The van der Waals surface area contributed by atoms with Crippen LogP contribution in [-0.4, -0.2) is 9.97 Å². The van der Waals surface area contributed by atoms with Crippen molar-refractivity contribution in [2.24, 2.45) is 0 Å². The second kappa shape index (κ2) is 4.71. The highest BCUT2D eigenvalue weighted by Crippen LogP contribution is 2.28. The molecule has 4 aromatic rings. The summed E-state index contributed by atoms with van der Waals surface area (Å²) in [6, 6.07) is 13.8. The first-order valence-corrected chi connectivity index (χ1v) is 7.43. The highest BCUT2D eigenvalue weighted by atomic mass is 32.1. The van der Waals surface area contributed by atoms with Gasteiger partial charge in [0.1, 0.15) is 0 Å². The molecule has 2 aromatic carbocycles. The number of fused-ring (bicyclic) bond motifs is 3. The number of hydrogen-bond acceptors (Lipinski definition) is 5. The lowest BCUT2D eigenvalue weighted by Crippen LogP contribution is -1.97. The van der Waals surface area contributed by atoms with E-state index in [1.165, 1.54) is 4.70 Å². The summed E-state index contributed by atoms with van der Waals surface area (Å²) in [5.41, 5.74) is 8.34. The van der Waals surface area contributed by atoms with Crippen molar-refractivity contribution in [3.63, 3.8) is 0 Å². The van der Waals surface area contributed by atoms with Gasteiger partial charge in [-0.25, -0.2) is 9.97 Å². The van der Waals surface area contributed by atoms with Gasteiger partial charge in [0.15, 0.2) is 0 Å². The van der Waals surface area contributed by atoms with E-state index in [0.717, 1.165) is 22.0 Å². The molecule has 0 saturated heterocycles. The Morgan fingerprint density at radius 1 is 1.10 bits per heavy atom. The van der Waals surface area contributed by atoms with Crippen LogP contribution in [0.25, 0.3) is 21.0 Å². The van der Waals surface area contributed by atoms with Gasteiger partial charge < -0.3 is 11.1 Å². The first-order chi connectivity index (χ1) is 10.3. The SMILES string of the molecule is Nc1cccc(Nc2ncc3ccc4sccc4c3n2)c1. The number of aromatic nitrogens is 2. The van der Waals surface area contributed by atoms with Crippen LogP contribution in [0.2, 0.25) is 0 Å². The van der Waals surface area contributed by atoms with Gasteiger partial charge in [-0.05, 0) is 41.8 Å². The van der Waals surface area contributed by atoms with Gasteiger partial charge >= 0.3 is 0 Å². The monoisotopic (exact) mass is 292 g/mol. The van der Waals surface area contributed by atoms with Crippen LogP contribution in [-0.2, 0) is 0 Å². The fourth-order valence-corrected chi connectivity index (χ4v) is 3.13. The van der Waals surface area contributed by atoms with E-state index in [1.807, 2.05) is 30.5 Å². The fourth-order valence-electron chi connectivity index (χ4n) is 2.35. The van der Waals surface area contributed by atoms with E-state index < -0.39 is 0 Å². The van der Waals surface area contributed by atoms with Gasteiger partial charge in [-0.3, -0.25) is 0 Å². The number of hydrogen-bond donors (Lipinski definition) is 2. The Hall–Kier alpha value is -2.66. The molecule has 2 heterocycles. The van der Waals surface area contributed by atoms with Gasteiger partial charge in [0.2, 0.25) is 5.95 Å². The van der Waals surface area contributed by atoms with Crippen LogP contribution in [0.3, 0.4) is 0 Å². The Morgan fingerprint density at radius 2 is 2.05 bits per heavy atom. The summed E-state index contributed by atoms with van der Waals surface area (Å²) < 4.78 is 1.23. The number of anilines is 3. The maximum Gasteiger partial charge on any atom is 0.227 e. The molecule has 0 unspecified atom stereocenters. The molecule has 4 rings (SSSR count). The molecule has 5 heteroatoms. The second-order valence-corrected chi connectivity index (χ2v) is 5.73. The van der Waals surface area contributed by atoms with Crippen molar-refractivity contribution in [2.45, 2.75) is 0 Å². The minimum atomic E-state index is 0.576. The zero-order chi connectivity index (χ0) is 14.2. The van der Waals surface area contributed by atoms with Crippen LogP contribution in [0.5, 0.6) is 0 Å². The summed E-state index contributed by atoms with van der Waals surface area (Å²) in [5, 5.41) is 7.48. The standard InChI is InChI=1S/C16H12N4S/c17-11-2-1-3-12(8-11)19-16-18-9-10-4-5-14-13(6-7-21-14)15(10)20-16/h1-9H,17H2,(H,18,19,20). The summed E-state index contributed by atoms with van der Waals surface area (Å²) in [7, 11) is 0. The Bertz CT molecular complexity index is 945. The fraction of sp³-hybridized carbons (Fsp3) is 0. The molecule has 0 aliphatic carbocycles. The first-order valence-electron chi connectivity index (χ1n) is 6.55. The number of nitrogens with two attached hydrogens (primary N) is 1. The molecule has 0 amide bonds. The second-order valence-electron chi connectivity index (χ2n) is 4.78. The van der Waals surface area contributed by atoms with Crippen molar-refractivity contribution in [1.29, 1.82) is 0 Å². The topological polar surface area (TPSA) is 63.8 Å². The minimum absolute atomic E-state index is 0.576. The Kier molecular flexibility index (Phi) is 2.72. The number of thiophene rings is 1. The number of nitrogens with zero attached hydrogens (tertiary/aromatic N) is 2. The molecule has 4 nitrogen and oxygen atoms in total. The smallest absolute Gasteiger partial charge is 0.227 e. The van der Waals surface area contributed by atoms with Crippen LogP contribution < -0.4 is 11.1 Å². The molecule has 21 heavy (non-hydrogen) atoms. The maximum absolute atomic E-state index is 5.78. The Balaban J connectivity index is 1.82. The molecule has 0 saturated carbocycles. The summed E-state index contributed by atoms with van der Waals surface area (Å²) in [4.78, 5) is 9.01. The van der Waals surface area contributed by atoms with Crippen molar-refractivity contribution in [3.8, 4) is 0 Å². The summed E-state index contributed by atoms with van der Waals surface area (Å²) in [6.07, 6.45) is 1.84. The van der Waals surface area contributed by atoms with E-state index in [9.17, 15) is 0 Å². The summed E-state index contributed by atoms with van der Waals surface area (Å²) in [5.74, 6) is 0.576. The zero-order valence-electron chi connectivity index (χ0n) is 11.1. The van der Waals surface area contributed by atoms with Crippen LogP contribution in [0.15, 0.2) is 54.0 Å². The predicted octanol–water partition coefficient (Wildman–Crippen LogP) is 4.17. The number of rotatable bonds is 2. The van der Waals surface area contributed by atoms with Gasteiger partial charge in [0.05, 0.1) is 5.52 Å². The van der Waals surface area contributed by atoms with E-state index in [2.05, 4.69) is 38.9 Å². The molecular weight excluding hydrogens is 280 g/mol. The average Bonchev–Trinajstić information content (AvgIpc) is 2.96. The molecule has 0 spiro atoms. The van der Waals surface area contributed by atoms with E-state index in [1.54, 1.807) is 11.3 Å². The molecule has 0 bridgehead atoms. The van der Waals surface area contributed by atoms with Crippen molar-refractivity contribution < 1.29 is 0 Å². The molecule has 0 aliphatic rings. The van der Waals surface area contributed by atoms with Crippen LogP contribution in [0, 0.1) is 0 Å². The Labute approximate surface area is 125 Å². The third-order valence-electron chi connectivity index (χ3n) is 3.32. The van der Waals surface area contributed by atoms with Crippen LogP contribution >= 0.6 is 11.3 Å². The van der Waals surface area contributed by atoms with Crippen LogP contribution in [0.1, 0.15) is 0 Å². The average molecular weight is 292 g/mol. The van der Waals surface area contributed by atoms with E-state index in [4.69, 9.17) is 5.73 Å². The first kappa shape index (κ1) is 12.1. The van der Waals surface area contributed by atoms with Gasteiger partial charge in [0.25, 0.3) is 0 Å². The van der Waals surface area contributed by atoms with Gasteiger partial charge in [-0.1, -0.05) is 6.07 Å². The number of nitrogens with one attached hydrogen (secondary N) is 1. The molecule has 3 N–H and O–H groups in total. The molecule has 2 aromatic heterocycles. The largest absolute Gasteiger partial charge is 0.399 e. The third kappa shape index (κ3) is 2.17. The predicted molar refractivity (Wildman–Crippen MR) is 89.1 cm³/mol. The Morgan fingerprint density at radius 3 is 2.95 bits per heavy atom. The van der Waals surface area contributed by atoms with Crippen molar-refractivity contribution >= 4 is 49.6 Å². The van der Waals surface area contributed by atoms with Gasteiger partial charge in [0, 0.05) is 33.0 Å². The highest BCUT2D eigenvalue weighted by Gasteiger charge is 2.05. The number of benzene rings is 2. The third-order valence-corrected chi connectivity index (χ3v) is 4.21.